The van der Waals surface area contributed by atoms with Crippen LogP contribution in [0.1, 0.15) is 32.1 Å². The Morgan fingerprint density at radius 1 is 1.25 bits per heavy atom. The van der Waals surface area contributed by atoms with Crippen molar-refractivity contribution >= 4 is 34.8 Å². The molecule has 2 saturated heterocycles. The molecule has 2 aliphatic rings. The van der Waals surface area contributed by atoms with Crippen molar-refractivity contribution in [2.75, 3.05) is 31.5 Å². The molecule has 2 unspecified atom stereocenters. The predicted molar refractivity (Wildman–Crippen MR) is 99.9 cm³/mol. The Morgan fingerprint density at radius 3 is 2.92 bits per heavy atom. The van der Waals surface area contributed by atoms with Gasteiger partial charge in [-0.15, -0.1) is 0 Å². The van der Waals surface area contributed by atoms with Gasteiger partial charge in [0.15, 0.2) is 0 Å². The fourth-order valence-electron chi connectivity index (χ4n) is 3.73. The lowest BCUT2D eigenvalue weighted by molar-refractivity contribution is -0.122. The Bertz CT molecular complexity index is 575. The molecular formula is C18H25Cl2N3O. The molecule has 2 N–H and O–H groups in total. The number of hydrogen-bond donors (Lipinski definition) is 2. The maximum absolute atomic E-state index is 12.8. The van der Waals surface area contributed by atoms with Crippen LogP contribution >= 0.6 is 23.2 Å². The van der Waals surface area contributed by atoms with Gasteiger partial charge in [-0.1, -0.05) is 29.6 Å². The number of halogens is 2. The molecule has 0 aliphatic carbocycles. The van der Waals surface area contributed by atoms with Gasteiger partial charge < -0.3 is 10.6 Å². The number of piperidine rings is 2. The van der Waals surface area contributed by atoms with Crippen LogP contribution in [0.15, 0.2) is 18.2 Å². The van der Waals surface area contributed by atoms with Gasteiger partial charge in [-0.05, 0) is 69.4 Å². The van der Waals surface area contributed by atoms with Crippen LogP contribution in [0, 0.1) is 5.92 Å². The van der Waals surface area contributed by atoms with Gasteiger partial charge in [-0.3, -0.25) is 9.69 Å². The Labute approximate surface area is 153 Å². The zero-order chi connectivity index (χ0) is 16.9. The molecule has 0 saturated carbocycles. The molecule has 1 aromatic rings. The number of amides is 1. The van der Waals surface area contributed by atoms with Crippen LogP contribution in [0.4, 0.5) is 5.69 Å². The molecule has 1 amide bonds. The molecule has 24 heavy (non-hydrogen) atoms. The van der Waals surface area contributed by atoms with Gasteiger partial charge in [-0.2, -0.15) is 0 Å². The number of likely N-dealkylation sites (tertiary alicyclic amines) is 1. The Morgan fingerprint density at radius 2 is 2.12 bits per heavy atom. The molecule has 1 aromatic carbocycles. The molecule has 0 aromatic heterocycles. The zero-order valence-corrected chi connectivity index (χ0v) is 15.4. The van der Waals surface area contributed by atoms with Crippen molar-refractivity contribution in [2.24, 2.45) is 5.92 Å². The Hall–Kier alpha value is -0.810. The van der Waals surface area contributed by atoms with Gasteiger partial charge in [0.05, 0.1) is 16.8 Å². The maximum Gasteiger partial charge on any atom is 0.241 e. The summed E-state index contributed by atoms with van der Waals surface area (Å²) in [5, 5.41) is 7.53. The number of nitrogens with zero attached hydrogens (tertiary/aromatic N) is 1. The minimum absolute atomic E-state index is 0.0302. The molecule has 132 valence electrons. The van der Waals surface area contributed by atoms with E-state index in [9.17, 15) is 4.79 Å². The molecule has 3 rings (SSSR count). The molecule has 0 radical (unpaired) electrons. The van der Waals surface area contributed by atoms with E-state index in [4.69, 9.17) is 23.2 Å². The summed E-state index contributed by atoms with van der Waals surface area (Å²) in [4.78, 5) is 15.2. The van der Waals surface area contributed by atoms with Crippen molar-refractivity contribution in [1.29, 1.82) is 0 Å². The summed E-state index contributed by atoms with van der Waals surface area (Å²) in [5.74, 6) is 0.671. The van der Waals surface area contributed by atoms with Crippen LogP contribution in [0.25, 0.3) is 0 Å². The molecule has 2 heterocycles. The fraction of sp³-hybridized carbons (Fsp3) is 0.611. The largest absolute Gasteiger partial charge is 0.323 e. The number of benzene rings is 1. The van der Waals surface area contributed by atoms with E-state index in [1.54, 1.807) is 18.2 Å². The zero-order valence-electron chi connectivity index (χ0n) is 13.9. The van der Waals surface area contributed by atoms with Crippen molar-refractivity contribution in [2.45, 2.75) is 38.1 Å². The van der Waals surface area contributed by atoms with E-state index >= 15 is 0 Å². The minimum atomic E-state index is -0.0734. The van der Waals surface area contributed by atoms with Crippen LogP contribution < -0.4 is 10.6 Å². The number of carbonyl (C=O) groups excluding carboxylic acids is 1. The molecule has 2 atom stereocenters. The summed E-state index contributed by atoms with van der Waals surface area (Å²) >= 11 is 12.2. The lowest BCUT2D eigenvalue weighted by atomic mass is 9.95. The summed E-state index contributed by atoms with van der Waals surface area (Å²) in [7, 11) is 0. The van der Waals surface area contributed by atoms with Crippen molar-refractivity contribution in [1.82, 2.24) is 10.2 Å². The average molecular weight is 370 g/mol. The number of anilines is 1. The molecule has 4 nitrogen and oxygen atoms in total. The quantitative estimate of drug-likeness (QED) is 0.848. The van der Waals surface area contributed by atoms with Gasteiger partial charge in [0.2, 0.25) is 5.91 Å². The lowest BCUT2D eigenvalue weighted by Gasteiger charge is -2.38. The highest BCUT2D eigenvalue weighted by atomic mass is 35.5. The highest BCUT2D eigenvalue weighted by Gasteiger charge is 2.31. The average Bonchev–Trinajstić information content (AvgIpc) is 2.59. The third kappa shape index (κ3) is 4.63. The van der Waals surface area contributed by atoms with Gasteiger partial charge in [0.25, 0.3) is 0 Å². The summed E-state index contributed by atoms with van der Waals surface area (Å²) in [6.07, 6.45) is 5.65. The van der Waals surface area contributed by atoms with Crippen LogP contribution in [0.3, 0.4) is 0 Å². The van der Waals surface area contributed by atoms with Crippen molar-refractivity contribution in [3.63, 3.8) is 0 Å². The monoisotopic (exact) mass is 369 g/mol. The molecule has 2 fully saturated rings. The van der Waals surface area contributed by atoms with E-state index in [1.807, 2.05) is 0 Å². The van der Waals surface area contributed by atoms with Gasteiger partial charge in [-0.25, -0.2) is 0 Å². The van der Waals surface area contributed by atoms with E-state index in [0.717, 1.165) is 39.0 Å². The van der Waals surface area contributed by atoms with Crippen LogP contribution in [-0.2, 0) is 4.79 Å². The SMILES string of the molecule is O=C(Nc1cc(Cl)ccc1Cl)C1CCCCN1CC1CCCNC1. The molecular weight excluding hydrogens is 345 g/mol. The molecule has 2 aliphatic heterocycles. The third-order valence-corrected chi connectivity index (χ3v) is 5.56. The molecule has 0 bridgehead atoms. The van der Waals surface area contributed by atoms with Crippen LogP contribution in [0.5, 0.6) is 0 Å². The van der Waals surface area contributed by atoms with Gasteiger partial charge in [0.1, 0.15) is 0 Å². The fourth-order valence-corrected chi connectivity index (χ4v) is 4.06. The Kier molecular flexibility index (Phi) is 6.39. The molecule has 0 spiro atoms. The van der Waals surface area contributed by atoms with Crippen LogP contribution in [0.2, 0.25) is 10.0 Å². The van der Waals surface area contributed by atoms with Crippen molar-refractivity contribution in [3.05, 3.63) is 28.2 Å². The smallest absolute Gasteiger partial charge is 0.241 e. The number of hydrogen-bond acceptors (Lipinski definition) is 3. The summed E-state index contributed by atoms with van der Waals surface area (Å²) in [6, 6.07) is 5.07. The normalized spacial score (nSPS) is 25.4. The summed E-state index contributed by atoms with van der Waals surface area (Å²) in [5.41, 5.74) is 0.596. The van der Waals surface area contributed by atoms with Gasteiger partial charge in [0, 0.05) is 11.6 Å². The van der Waals surface area contributed by atoms with E-state index in [0.29, 0.717) is 21.7 Å². The first-order valence-corrected chi connectivity index (χ1v) is 9.60. The van der Waals surface area contributed by atoms with E-state index in [1.165, 1.54) is 19.3 Å². The van der Waals surface area contributed by atoms with E-state index < -0.39 is 0 Å². The van der Waals surface area contributed by atoms with Gasteiger partial charge >= 0.3 is 0 Å². The first-order chi connectivity index (χ1) is 11.6. The lowest BCUT2D eigenvalue weighted by Crippen LogP contribution is -2.50. The summed E-state index contributed by atoms with van der Waals surface area (Å²) in [6.45, 7) is 4.17. The van der Waals surface area contributed by atoms with Crippen LogP contribution in [-0.4, -0.2) is 43.0 Å². The summed E-state index contributed by atoms with van der Waals surface area (Å²) < 4.78 is 0. The first kappa shape index (κ1) is 18.0. The molecule has 6 heteroatoms. The maximum atomic E-state index is 12.8. The topological polar surface area (TPSA) is 44.4 Å². The number of nitrogens with one attached hydrogen (secondary N) is 2. The predicted octanol–water partition coefficient (Wildman–Crippen LogP) is 3.79. The first-order valence-electron chi connectivity index (χ1n) is 8.84. The van der Waals surface area contributed by atoms with E-state index in [2.05, 4.69) is 15.5 Å². The second-order valence-electron chi connectivity index (χ2n) is 6.83. The minimum Gasteiger partial charge on any atom is -0.323 e. The van der Waals surface area contributed by atoms with Crippen molar-refractivity contribution < 1.29 is 4.79 Å². The van der Waals surface area contributed by atoms with Crippen molar-refractivity contribution in [3.8, 4) is 0 Å². The third-order valence-electron chi connectivity index (χ3n) is 4.99. The number of rotatable bonds is 4. The highest BCUT2D eigenvalue weighted by Crippen LogP contribution is 2.27. The Balaban J connectivity index is 1.65. The standard InChI is InChI=1S/C18H25Cl2N3O/c19-14-6-7-15(20)16(10-14)22-18(24)17-5-1-2-9-23(17)12-13-4-3-8-21-11-13/h6-7,10,13,17,21H,1-5,8-9,11-12H2,(H,22,24). The highest BCUT2D eigenvalue weighted by molar-refractivity contribution is 6.35. The van der Waals surface area contributed by atoms with E-state index in [-0.39, 0.29) is 11.9 Å². The second kappa shape index (κ2) is 8.52. The second-order valence-corrected chi connectivity index (χ2v) is 7.68. The number of carbonyl (C=O) groups is 1.